The van der Waals surface area contributed by atoms with E-state index < -0.39 is 0 Å². The SMILES string of the molecule is Nc1ccc2cc(Br)ccc2c1Br. The molecule has 1 nitrogen and oxygen atoms in total. The summed E-state index contributed by atoms with van der Waals surface area (Å²) in [5, 5.41) is 2.32. The molecule has 0 bridgehead atoms. The summed E-state index contributed by atoms with van der Waals surface area (Å²) in [6.07, 6.45) is 0. The summed E-state index contributed by atoms with van der Waals surface area (Å²) < 4.78 is 2.05. The second-order valence-corrected chi connectivity index (χ2v) is 4.54. The molecule has 2 aromatic rings. The Kier molecular flexibility index (Phi) is 2.30. The number of nitrogens with two attached hydrogens (primary N) is 1. The highest BCUT2D eigenvalue weighted by Crippen LogP contribution is 2.30. The van der Waals surface area contributed by atoms with E-state index in [4.69, 9.17) is 5.73 Å². The Labute approximate surface area is 93.2 Å². The first-order valence-corrected chi connectivity index (χ1v) is 5.40. The van der Waals surface area contributed by atoms with Crippen LogP contribution in [0.4, 0.5) is 5.69 Å². The number of hydrogen-bond donors (Lipinski definition) is 1. The van der Waals surface area contributed by atoms with Gasteiger partial charge in [-0.05, 0) is 44.9 Å². The largest absolute Gasteiger partial charge is 0.398 e. The van der Waals surface area contributed by atoms with Crippen LogP contribution in [0, 0.1) is 0 Å². The van der Waals surface area contributed by atoms with Gasteiger partial charge in [-0.2, -0.15) is 0 Å². The second kappa shape index (κ2) is 3.31. The molecule has 0 amide bonds. The minimum atomic E-state index is 0.773. The van der Waals surface area contributed by atoms with Crippen LogP contribution in [0.1, 0.15) is 0 Å². The minimum Gasteiger partial charge on any atom is -0.398 e. The third kappa shape index (κ3) is 1.58. The number of anilines is 1. The van der Waals surface area contributed by atoms with E-state index in [1.165, 1.54) is 5.39 Å². The van der Waals surface area contributed by atoms with Crippen molar-refractivity contribution in [2.75, 3.05) is 5.73 Å². The molecule has 0 aliphatic heterocycles. The second-order valence-electron chi connectivity index (χ2n) is 2.83. The smallest absolute Gasteiger partial charge is 0.0483 e. The van der Waals surface area contributed by atoms with Gasteiger partial charge in [0.25, 0.3) is 0 Å². The molecule has 66 valence electrons. The fourth-order valence-electron chi connectivity index (χ4n) is 1.28. The summed E-state index contributed by atoms with van der Waals surface area (Å²) in [5.74, 6) is 0. The molecule has 2 aromatic carbocycles. The highest BCUT2D eigenvalue weighted by atomic mass is 79.9. The molecule has 0 unspecified atom stereocenters. The van der Waals surface area contributed by atoms with Gasteiger partial charge in [0.05, 0.1) is 0 Å². The molecule has 0 heterocycles. The van der Waals surface area contributed by atoms with Crippen molar-refractivity contribution in [2.24, 2.45) is 0 Å². The first-order valence-electron chi connectivity index (χ1n) is 3.82. The fourth-order valence-corrected chi connectivity index (χ4v) is 2.15. The van der Waals surface area contributed by atoms with Crippen LogP contribution in [0.25, 0.3) is 10.8 Å². The van der Waals surface area contributed by atoms with E-state index >= 15 is 0 Å². The van der Waals surface area contributed by atoms with Gasteiger partial charge in [-0.25, -0.2) is 0 Å². The summed E-state index contributed by atoms with van der Waals surface area (Å²) in [5.41, 5.74) is 6.54. The van der Waals surface area contributed by atoms with Crippen LogP contribution in [0.5, 0.6) is 0 Å². The molecule has 0 saturated carbocycles. The third-order valence-electron chi connectivity index (χ3n) is 1.95. The minimum absolute atomic E-state index is 0.773. The van der Waals surface area contributed by atoms with E-state index in [0.29, 0.717) is 0 Å². The van der Waals surface area contributed by atoms with Crippen molar-refractivity contribution in [3.05, 3.63) is 39.3 Å². The van der Waals surface area contributed by atoms with Crippen molar-refractivity contribution in [1.82, 2.24) is 0 Å². The third-order valence-corrected chi connectivity index (χ3v) is 3.32. The topological polar surface area (TPSA) is 26.0 Å². The summed E-state index contributed by atoms with van der Waals surface area (Å²) in [7, 11) is 0. The summed E-state index contributed by atoms with van der Waals surface area (Å²) in [4.78, 5) is 0. The molecule has 0 radical (unpaired) electrons. The summed E-state index contributed by atoms with van der Waals surface area (Å²) >= 11 is 6.89. The predicted molar refractivity (Wildman–Crippen MR) is 63.8 cm³/mol. The molecular formula is C10H7Br2N. The maximum Gasteiger partial charge on any atom is 0.0483 e. The Hall–Kier alpha value is -0.540. The van der Waals surface area contributed by atoms with Crippen molar-refractivity contribution in [3.8, 4) is 0 Å². The Balaban J connectivity index is 2.87. The Bertz CT molecular complexity index is 466. The van der Waals surface area contributed by atoms with E-state index in [9.17, 15) is 0 Å². The lowest BCUT2D eigenvalue weighted by Crippen LogP contribution is -1.86. The van der Waals surface area contributed by atoms with E-state index in [0.717, 1.165) is 20.0 Å². The lowest BCUT2D eigenvalue weighted by Gasteiger charge is -2.03. The zero-order valence-electron chi connectivity index (χ0n) is 6.72. The first-order chi connectivity index (χ1) is 6.18. The number of fused-ring (bicyclic) bond motifs is 1. The molecular weight excluding hydrogens is 294 g/mol. The van der Waals surface area contributed by atoms with Crippen LogP contribution in [0.3, 0.4) is 0 Å². The molecule has 0 aromatic heterocycles. The highest BCUT2D eigenvalue weighted by molar-refractivity contribution is 9.11. The maximum atomic E-state index is 5.77. The van der Waals surface area contributed by atoms with Gasteiger partial charge in [-0.15, -0.1) is 0 Å². The van der Waals surface area contributed by atoms with E-state index in [1.54, 1.807) is 0 Å². The van der Waals surface area contributed by atoms with Gasteiger partial charge < -0.3 is 5.73 Å². The first kappa shape index (κ1) is 9.03. The van der Waals surface area contributed by atoms with Gasteiger partial charge in [-0.3, -0.25) is 0 Å². The number of nitrogen functional groups attached to an aromatic ring is 1. The fraction of sp³-hybridized carbons (Fsp3) is 0. The maximum absolute atomic E-state index is 5.77. The summed E-state index contributed by atoms with van der Waals surface area (Å²) in [6.45, 7) is 0. The Morgan fingerprint density at radius 2 is 1.77 bits per heavy atom. The van der Waals surface area contributed by atoms with E-state index in [2.05, 4.69) is 37.9 Å². The normalized spacial score (nSPS) is 10.6. The zero-order chi connectivity index (χ0) is 9.42. The number of rotatable bonds is 0. The van der Waals surface area contributed by atoms with Crippen LogP contribution in [-0.4, -0.2) is 0 Å². The molecule has 3 heteroatoms. The van der Waals surface area contributed by atoms with Gasteiger partial charge in [-0.1, -0.05) is 28.1 Å². The predicted octanol–water partition coefficient (Wildman–Crippen LogP) is 3.95. The number of hydrogen-bond acceptors (Lipinski definition) is 1. The Morgan fingerprint density at radius 1 is 1.00 bits per heavy atom. The molecule has 0 atom stereocenters. The number of halogens is 2. The molecule has 0 fully saturated rings. The van der Waals surface area contributed by atoms with Crippen LogP contribution < -0.4 is 5.73 Å². The van der Waals surface area contributed by atoms with Gasteiger partial charge in [0.2, 0.25) is 0 Å². The van der Waals surface area contributed by atoms with Crippen LogP contribution in [0.2, 0.25) is 0 Å². The van der Waals surface area contributed by atoms with Gasteiger partial charge in [0.15, 0.2) is 0 Å². The van der Waals surface area contributed by atoms with Crippen LogP contribution in [-0.2, 0) is 0 Å². The quantitative estimate of drug-likeness (QED) is 0.733. The standard InChI is InChI=1S/C10H7Br2N/c11-7-2-3-8-6(5-7)1-4-9(13)10(8)12/h1-5H,13H2. The van der Waals surface area contributed by atoms with Crippen molar-refractivity contribution >= 4 is 48.3 Å². The van der Waals surface area contributed by atoms with Crippen LogP contribution >= 0.6 is 31.9 Å². The van der Waals surface area contributed by atoms with Crippen molar-refractivity contribution in [3.63, 3.8) is 0 Å². The lowest BCUT2D eigenvalue weighted by molar-refractivity contribution is 1.66. The molecule has 2 rings (SSSR count). The average molecular weight is 301 g/mol. The molecule has 0 spiro atoms. The molecule has 0 aliphatic carbocycles. The molecule has 0 aliphatic rings. The average Bonchev–Trinajstić information content (AvgIpc) is 2.12. The van der Waals surface area contributed by atoms with Crippen molar-refractivity contribution in [1.29, 1.82) is 0 Å². The van der Waals surface area contributed by atoms with Crippen LogP contribution in [0.15, 0.2) is 39.3 Å². The van der Waals surface area contributed by atoms with Crippen molar-refractivity contribution < 1.29 is 0 Å². The zero-order valence-corrected chi connectivity index (χ0v) is 9.89. The molecule has 2 N–H and O–H groups in total. The van der Waals surface area contributed by atoms with Gasteiger partial charge >= 0.3 is 0 Å². The highest BCUT2D eigenvalue weighted by Gasteiger charge is 2.01. The monoisotopic (exact) mass is 299 g/mol. The van der Waals surface area contributed by atoms with Crippen molar-refractivity contribution in [2.45, 2.75) is 0 Å². The van der Waals surface area contributed by atoms with E-state index in [-0.39, 0.29) is 0 Å². The lowest BCUT2D eigenvalue weighted by atomic mass is 10.1. The molecule has 13 heavy (non-hydrogen) atoms. The van der Waals surface area contributed by atoms with Gasteiger partial charge in [0.1, 0.15) is 0 Å². The Morgan fingerprint density at radius 3 is 2.54 bits per heavy atom. The molecule has 0 saturated heterocycles. The number of benzene rings is 2. The van der Waals surface area contributed by atoms with E-state index in [1.807, 2.05) is 24.3 Å². The van der Waals surface area contributed by atoms with Gasteiger partial charge in [0, 0.05) is 14.6 Å². The summed E-state index contributed by atoms with van der Waals surface area (Å²) in [6, 6.07) is 10.0.